The molecule has 1 unspecified atom stereocenters. The molecule has 1 N–H and O–H groups in total. The fourth-order valence-electron chi connectivity index (χ4n) is 2.42. The SMILES string of the molecule is [2H]C([2H])=C/C=C/C[C@@H](C)[C@@H](O)[C@H]1C(=O)CCC1C.[Ac]. The molecule has 0 heterocycles. The van der Waals surface area contributed by atoms with E-state index >= 15 is 0 Å². The maximum absolute atomic E-state index is 11.7. The molecule has 1 radical (unpaired) electrons. The molecule has 0 aliphatic heterocycles. The molecule has 4 atom stereocenters. The van der Waals surface area contributed by atoms with Crippen molar-refractivity contribution in [2.24, 2.45) is 17.8 Å². The molecule has 93 valence electrons. The molecule has 1 saturated carbocycles. The van der Waals surface area contributed by atoms with Gasteiger partial charge in [0.2, 0.25) is 0 Å². The Bertz CT molecular complexity index is 351. The third-order valence-electron chi connectivity index (χ3n) is 3.52. The third-order valence-corrected chi connectivity index (χ3v) is 3.52. The van der Waals surface area contributed by atoms with Crippen LogP contribution in [0.25, 0.3) is 0 Å². The Morgan fingerprint density at radius 1 is 1.71 bits per heavy atom. The summed E-state index contributed by atoms with van der Waals surface area (Å²) in [6.45, 7) is 3.72. The van der Waals surface area contributed by atoms with Crippen molar-refractivity contribution in [3.8, 4) is 0 Å². The second-order valence-electron chi connectivity index (χ2n) is 4.81. The van der Waals surface area contributed by atoms with Crippen molar-refractivity contribution >= 4 is 5.78 Å². The first-order chi connectivity index (χ1) is 8.43. The summed E-state index contributed by atoms with van der Waals surface area (Å²) in [4.78, 5) is 11.7. The van der Waals surface area contributed by atoms with Crippen molar-refractivity contribution in [2.75, 3.05) is 0 Å². The fourth-order valence-corrected chi connectivity index (χ4v) is 2.42. The molecule has 1 rings (SSSR count). The van der Waals surface area contributed by atoms with Crippen LogP contribution in [0, 0.1) is 61.8 Å². The summed E-state index contributed by atoms with van der Waals surface area (Å²) in [6.07, 6.45) is 6.42. The Hall–Kier alpha value is 0.552. The van der Waals surface area contributed by atoms with Gasteiger partial charge in [0, 0.05) is 56.4 Å². The van der Waals surface area contributed by atoms with Crippen molar-refractivity contribution in [1.82, 2.24) is 0 Å². The zero-order valence-electron chi connectivity index (χ0n) is 12.6. The van der Waals surface area contributed by atoms with Crippen LogP contribution in [0.5, 0.6) is 0 Å². The van der Waals surface area contributed by atoms with Gasteiger partial charge in [-0.15, -0.1) is 0 Å². The van der Waals surface area contributed by atoms with Crippen molar-refractivity contribution < 1.29 is 56.7 Å². The summed E-state index contributed by atoms with van der Waals surface area (Å²) >= 11 is 0. The fraction of sp³-hybridized carbons (Fsp3) is 0.643. The van der Waals surface area contributed by atoms with Crippen molar-refractivity contribution in [1.29, 1.82) is 0 Å². The number of allylic oxidation sites excluding steroid dienone is 3. The van der Waals surface area contributed by atoms with E-state index in [1.54, 1.807) is 6.08 Å². The quantitative estimate of drug-likeness (QED) is 0.653. The predicted octanol–water partition coefficient (Wildman–Crippen LogP) is 2.73. The first kappa shape index (κ1) is 14.0. The van der Waals surface area contributed by atoms with Crippen LogP contribution >= 0.6 is 0 Å². The van der Waals surface area contributed by atoms with Crippen LogP contribution in [0.3, 0.4) is 0 Å². The predicted molar refractivity (Wildman–Crippen MR) is 66.0 cm³/mol. The normalized spacial score (nSPS) is 29.2. The van der Waals surface area contributed by atoms with Gasteiger partial charge in [0.05, 0.1) is 8.85 Å². The van der Waals surface area contributed by atoms with Crippen LogP contribution in [0.15, 0.2) is 24.8 Å². The van der Waals surface area contributed by atoms with Crippen LogP contribution in [-0.2, 0) is 4.79 Å². The minimum atomic E-state index is -0.588. The number of aliphatic hydroxyl groups excluding tert-OH is 1. The zero-order chi connectivity index (χ0) is 13.7. The van der Waals surface area contributed by atoms with Gasteiger partial charge in [0.25, 0.3) is 0 Å². The van der Waals surface area contributed by atoms with E-state index < -0.39 is 6.10 Å². The largest absolute Gasteiger partial charge is 0.392 e. The maximum atomic E-state index is 11.7. The molecular formula is C14H22AcO2. The number of carbonyl (C=O) groups excluding carboxylic acids is 1. The van der Waals surface area contributed by atoms with Gasteiger partial charge in [-0.2, -0.15) is 0 Å². The van der Waals surface area contributed by atoms with Gasteiger partial charge in [-0.05, 0) is 24.7 Å². The number of hydrogen-bond acceptors (Lipinski definition) is 2. The molecule has 0 spiro atoms. The molecular weight excluding hydrogens is 427 g/mol. The van der Waals surface area contributed by atoms with E-state index in [4.69, 9.17) is 2.74 Å². The Morgan fingerprint density at radius 3 is 2.94 bits per heavy atom. The Morgan fingerprint density at radius 2 is 2.41 bits per heavy atom. The van der Waals surface area contributed by atoms with Crippen LogP contribution < -0.4 is 0 Å². The van der Waals surface area contributed by atoms with Gasteiger partial charge in [0.15, 0.2) is 0 Å². The molecule has 1 fully saturated rings. The van der Waals surface area contributed by atoms with Gasteiger partial charge in [-0.1, -0.05) is 38.6 Å². The van der Waals surface area contributed by atoms with Gasteiger partial charge >= 0.3 is 0 Å². The van der Waals surface area contributed by atoms with Crippen molar-refractivity contribution in [3.63, 3.8) is 0 Å². The molecule has 0 bridgehead atoms. The number of hydrogen-bond donors (Lipinski definition) is 1. The van der Waals surface area contributed by atoms with E-state index in [-0.39, 0.29) is 74.1 Å². The van der Waals surface area contributed by atoms with Gasteiger partial charge in [0.1, 0.15) is 5.78 Å². The molecule has 0 amide bonds. The third kappa shape index (κ3) is 4.97. The molecule has 3 heteroatoms. The molecule has 0 saturated heterocycles. The summed E-state index contributed by atoms with van der Waals surface area (Å²) in [6, 6.07) is 0. The Labute approximate surface area is 143 Å². The second-order valence-corrected chi connectivity index (χ2v) is 4.81. The van der Waals surface area contributed by atoms with E-state index in [1.165, 1.54) is 6.08 Å². The van der Waals surface area contributed by atoms with Crippen molar-refractivity contribution in [3.05, 3.63) is 24.8 Å². The minimum absolute atomic E-state index is 0. The number of Topliss-reactive ketones (excluding diaryl/α,β-unsaturated/α-hetero) is 1. The molecule has 0 aromatic heterocycles. The first-order valence-electron chi connectivity index (χ1n) is 6.94. The van der Waals surface area contributed by atoms with E-state index in [9.17, 15) is 9.90 Å². The summed E-state index contributed by atoms with van der Waals surface area (Å²) in [5.74, 6) is 0.258. The summed E-state index contributed by atoms with van der Waals surface area (Å²) in [5.41, 5.74) is 0. The average Bonchev–Trinajstić information content (AvgIpc) is 2.63. The Balaban J connectivity index is 0.00000324. The molecule has 1 aliphatic rings. The monoisotopic (exact) mass is 451 g/mol. The molecule has 2 nitrogen and oxygen atoms in total. The zero-order valence-corrected chi connectivity index (χ0v) is 15.3. The molecule has 1 aliphatic carbocycles. The van der Waals surface area contributed by atoms with Crippen LogP contribution in [-0.4, -0.2) is 17.0 Å². The molecule has 17 heavy (non-hydrogen) atoms. The number of rotatable bonds is 5. The standard InChI is InChI=1S/C14H22O2.Ac/c1-4-5-6-7-11(3)14(16)13-10(2)8-9-12(13)15;/h4-6,10-11,13-14,16H,1,7-9H2,2-3H3;/b6-5+;/t10?,11-,13-,14-;/m1./s1/i1D2;. The van der Waals surface area contributed by atoms with Gasteiger partial charge in [-0.3, -0.25) is 4.79 Å². The summed E-state index contributed by atoms with van der Waals surface area (Å²) in [5, 5.41) is 10.2. The first-order valence-corrected chi connectivity index (χ1v) is 5.94. The Kier molecular flexibility index (Phi) is 7.08. The molecule has 0 aromatic rings. The van der Waals surface area contributed by atoms with E-state index in [0.717, 1.165) is 6.42 Å². The number of ketones is 1. The second kappa shape index (κ2) is 8.62. The van der Waals surface area contributed by atoms with Crippen LogP contribution in [0.2, 0.25) is 0 Å². The smallest absolute Gasteiger partial charge is 0.138 e. The topological polar surface area (TPSA) is 37.3 Å². The van der Waals surface area contributed by atoms with Crippen molar-refractivity contribution in [2.45, 2.75) is 39.2 Å². The van der Waals surface area contributed by atoms with Gasteiger partial charge < -0.3 is 5.11 Å². The summed E-state index contributed by atoms with van der Waals surface area (Å²) in [7, 11) is 0. The van der Waals surface area contributed by atoms with E-state index in [1.807, 2.05) is 19.9 Å². The summed E-state index contributed by atoms with van der Waals surface area (Å²) < 4.78 is 13.8. The van der Waals surface area contributed by atoms with E-state index in [2.05, 4.69) is 0 Å². The maximum Gasteiger partial charge on any atom is 0.138 e. The minimum Gasteiger partial charge on any atom is -0.392 e. The van der Waals surface area contributed by atoms with Crippen LogP contribution in [0.1, 0.15) is 35.9 Å². The number of carbonyl (C=O) groups is 1. The van der Waals surface area contributed by atoms with Crippen LogP contribution in [0.4, 0.5) is 0 Å². The average molecular weight is 451 g/mol. The van der Waals surface area contributed by atoms with E-state index in [0.29, 0.717) is 12.8 Å². The molecule has 0 aromatic carbocycles. The number of aliphatic hydroxyl groups is 1. The van der Waals surface area contributed by atoms with Gasteiger partial charge in [-0.25, -0.2) is 0 Å².